The van der Waals surface area contributed by atoms with Gasteiger partial charge < -0.3 is 38.6 Å². The van der Waals surface area contributed by atoms with E-state index in [9.17, 15) is 29.3 Å². The lowest BCUT2D eigenvalue weighted by Crippen LogP contribution is -2.60. The summed E-state index contributed by atoms with van der Waals surface area (Å²) in [7, 11) is 4.41. The Kier molecular flexibility index (Phi) is 11.4. The maximum Gasteiger partial charge on any atom is 0.409 e. The Hall–Kier alpha value is -3.98. The van der Waals surface area contributed by atoms with Crippen molar-refractivity contribution < 1.29 is 52.5 Å². The molecule has 216 valence electrons. The fraction of sp³-hybridized carbons (Fsp3) is 0.583. The van der Waals surface area contributed by atoms with Crippen molar-refractivity contribution in [2.24, 2.45) is 5.92 Å². The summed E-state index contributed by atoms with van der Waals surface area (Å²) in [5.41, 5.74) is -0.223. The third-order valence-corrected chi connectivity index (χ3v) is 5.74. The van der Waals surface area contributed by atoms with Gasteiger partial charge in [-0.15, -0.1) is 0 Å². The van der Waals surface area contributed by atoms with Crippen LogP contribution in [-0.2, 0) is 44.7 Å². The van der Waals surface area contributed by atoms with Crippen LogP contribution in [0.4, 0.5) is 10.5 Å². The van der Waals surface area contributed by atoms with Crippen LogP contribution in [0.5, 0.6) is 5.75 Å². The molecular weight excluding hydrogens is 522 g/mol. The maximum atomic E-state index is 12.4. The Morgan fingerprint density at radius 2 is 1.77 bits per heavy atom. The zero-order valence-corrected chi connectivity index (χ0v) is 22.5. The number of ether oxygens (including phenoxy) is 6. The van der Waals surface area contributed by atoms with Crippen molar-refractivity contribution in [1.82, 2.24) is 10.2 Å². The van der Waals surface area contributed by atoms with Gasteiger partial charge in [-0.05, 0) is 18.7 Å². The number of nitro benzene ring substituents is 1. The van der Waals surface area contributed by atoms with E-state index in [1.165, 1.54) is 24.0 Å². The van der Waals surface area contributed by atoms with E-state index in [4.69, 9.17) is 28.4 Å². The molecular formula is C24H33N3O12. The number of likely N-dealkylation sites (N-methyl/N-ethyl adjacent to an activating group) is 2. The topological polar surface area (TPSA) is 182 Å². The summed E-state index contributed by atoms with van der Waals surface area (Å²) in [4.78, 5) is 60.6. The zero-order chi connectivity index (χ0) is 29.3. The van der Waals surface area contributed by atoms with Crippen molar-refractivity contribution in [3.63, 3.8) is 0 Å². The molecule has 1 aromatic carbocycles. The molecule has 5 atom stereocenters. The quantitative estimate of drug-likeness (QED) is 0.178. The molecule has 1 heterocycles. The third kappa shape index (κ3) is 8.51. The minimum Gasteiger partial charge on any atom is -0.467 e. The Morgan fingerprint density at radius 1 is 1.13 bits per heavy atom. The highest BCUT2D eigenvalue weighted by Crippen LogP contribution is 2.36. The molecule has 1 aliphatic rings. The van der Waals surface area contributed by atoms with Gasteiger partial charge in [0, 0.05) is 46.0 Å². The number of rotatable bonds is 11. The van der Waals surface area contributed by atoms with Gasteiger partial charge in [0.1, 0.15) is 6.61 Å². The molecule has 15 nitrogen and oxygen atoms in total. The van der Waals surface area contributed by atoms with Crippen LogP contribution in [0.1, 0.15) is 26.3 Å². The molecule has 2 rings (SSSR count). The van der Waals surface area contributed by atoms with Gasteiger partial charge in [0.05, 0.1) is 12.0 Å². The van der Waals surface area contributed by atoms with Crippen LogP contribution >= 0.6 is 0 Å². The molecule has 0 aliphatic carbocycles. The Labute approximate surface area is 224 Å². The fourth-order valence-corrected chi connectivity index (χ4v) is 3.78. The first-order valence-corrected chi connectivity index (χ1v) is 11.9. The Bertz CT molecular complexity index is 1060. The first-order chi connectivity index (χ1) is 18.4. The number of amides is 1. The van der Waals surface area contributed by atoms with Gasteiger partial charge in [-0.1, -0.05) is 13.0 Å². The molecule has 15 heteroatoms. The van der Waals surface area contributed by atoms with Crippen LogP contribution in [-0.4, -0.2) is 92.7 Å². The molecule has 0 bridgehead atoms. The van der Waals surface area contributed by atoms with Crippen LogP contribution in [0.15, 0.2) is 18.2 Å². The highest BCUT2D eigenvalue weighted by molar-refractivity contribution is 5.75. The number of nitrogens with one attached hydrogen (secondary N) is 1. The lowest BCUT2D eigenvalue weighted by atomic mass is 9.90. The molecule has 1 aromatic rings. The summed E-state index contributed by atoms with van der Waals surface area (Å²) < 4.78 is 32.1. The number of hydrogen-bond acceptors (Lipinski definition) is 13. The van der Waals surface area contributed by atoms with Crippen molar-refractivity contribution in [2.75, 3.05) is 34.3 Å². The number of esters is 3. The lowest BCUT2D eigenvalue weighted by Gasteiger charge is -2.42. The van der Waals surface area contributed by atoms with Gasteiger partial charge in [0.2, 0.25) is 12.4 Å². The molecule has 1 fully saturated rings. The van der Waals surface area contributed by atoms with E-state index >= 15 is 0 Å². The number of carbonyl (C=O) groups is 4. The highest BCUT2D eigenvalue weighted by Gasteiger charge is 2.52. The smallest absolute Gasteiger partial charge is 0.409 e. The minimum atomic E-state index is -1.60. The average Bonchev–Trinajstić information content (AvgIpc) is 2.88. The first-order valence-electron chi connectivity index (χ1n) is 11.9. The molecule has 1 N–H and O–H groups in total. The van der Waals surface area contributed by atoms with Crippen LogP contribution in [0.2, 0.25) is 0 Å². The number of nitrogens with zero attached hydrogens (tertiary/aromatic N) is 2. The lowest BCUT2D eigenvalue weighted by molar-refractivity contribution is -0.387. The summed E-state index contributed by atoms with van der Waals surface area (Å²) in [5, 5.41) is 14.8. The maximum absolute atomic E-state index is 12.4. The molecule has 0 saturated carbocycles. The molecule has 1 saturated heterocycles. The zero-order valence-electron chi connectivity index (χ0n) is 22.5. The van der Waals surface area contributed by atoms with Crippen molar-refractivity contribution in [1.29, 1.82) is 0 Å². The number of nitro groups is 1. The number of carbonyl (C=O) groups excluding carboxylic acids is 4. The van der Waals surface area contributed by atoms with Crippen molar-refractivity contribution in [2.45, 2.75) is 52.0 Å². The first kappa shape index (κ1) is 31.2. The van der Waals surface area contributed by atoms with Crippen molar-refractivity contribution in [3.8, 4) is 5.75 Å². The van der Waals surface area contributed by atoms with Gasteiger partial charge in [-0.2, -0.15) is 0 Å². The summed E-state index contributed by atoms with van der Waals surface area (Å²) in [6.45, 7) is 4.45. The number of benzene rings is 1. The van der Waals surface area contributed by atoms with Crippen LogP contribution in [0.25, 0.3) is 0 Å². The Balaban J connectivity index is 2.35. The molecule has 0 unspecified atom stereocenters. The fourth-order valence-electron chi connectivity index (χ4n) is 3.78. The van der Waals surface area contributed by atoms with Gasteiger partial charge in [0.15, 0.2) is 18.0 Å². The normalized spacial score (nSPS) is 22.3. The van der Waals surface area contributed by atoms with E-state index in [0.717, 1.165) is 27.0 Å². The molecule has 1 amide bonds. The van der Waals surface area contributed by atoms with Crippen molar-refractivity contribution in [3.05, 3.63) is 33.9 Å². The summed E-state index contributed by atoms with van der Waals surface area (Å²) in [5.74, 6) is -3.45. The van der Waals surface area contributed by atoms with Crippen LogP contribution in [0.3, 0.4) is 0 Å². The molecule has 0 aromatic heterocycles. The number of hydrogen-bond donors (Lipinski definition) is 1. The second kappa shape index (κ2) is 14.2. The SMILES string of the molecule is CNCCN(C)C(=O)OCc1ccc(O[C@@H]2O[C@H](C(=O)OC)[C@@H](C)[C@H](OC(C)=O)[C@H]2OC(C)=O)c([N+](=O)[O-])c1. The van der Waals surface area contributed by atoms with E-state index in [1.807, 2.05) is 0 Å². The van der Waals surface area contributed by atoms with Gasteiger partial charge >= 0.3 is 29.7 Å². The molecule has 0 spiro atoms. The second-order valence-corrected chi connectivity index (χ2v) is 8.71. The van der Waals surface area contributed by atoms with Gasteiger partial charge in [0.25, 0.3) is 0 Å². The highest BCUT2D eigenvalue weighted by atomic mass is 16.7. The van der Waals surface area contributed by atoms with E-state index in [1.54, 1.807) is 14.1 Å². The van der Waals surface area contributed by atoms with Gasteiger partial charge in [-0.25, -0.2) is 9.59 Å². The molecule has 0 radical (unpaired) electrons. The van der Waals surface area contributed by atoms with E-state index in [-0.39, 0.29) is 12.4 Å². The van der Waals surface area contributed by atoms with Crippen molar-refractivity contribution >= 4 is 29.7 Å². The Morgan fingerprint density at radius 3 is 2.33 bits per heavy atom. The minimum absolute atomic E-state index is 0.254. The number of methoxy groups -OCH3 is 1. The largest absolute Gasteiger partial charge is 0.467 e. The molecule has 39 heavy (non-hydrogen) atoms. The average molecular weight is 556 g/mol. The van der Waals surface area contributed by atoms with E-state index < -0.39 is 65.1 Å². The van der Waals surface area contributed by atoms with Gasteiger partial charge in [-0.3, -0.25) is 19.7 Å². The molecule has 1 aliphatic heterocycles. The monoisotopic (exact) mass is 555 g/mol. The van der Waals surface area contributed by atoms with E-state index in [2.05, 4.69) is 5.32 Å². The van der Waals surface area contributed by atoms with E-state index in [0.29, 0.717) is 18.7 Å². The third-order valence-electron chi connectivity index (χ3n) is 5.74. The summed E-state index contributed by atoms with van der Waals surface area (Å²) in [6, 6.07) is 3.81. The summed E-state index contributed by atoms with van der Waals surface area (Å²) >= 11 is 0. The summed E-state index contributed by atoms with van der Waals surface area (Å²) in [6.07, 6.45) is -6.11. The predicted octanol–water partition coefficient (Wildman–Crippen LogP) is 1.16. The predicted molar refractivity (Wildman–Crippen MR) is 131 cm³/mol. The second-order valence-electron chi connectivity index (χ2n) is 8.71. The standard InChI is InChI=1S/C24H33N3O12/c1-13-19(36-14(2)28)21(37-15(3)29)23(39-20(13)22(30)34-6)38-18-8-7-16(11-17(18)27(32)33)12-35-24(31)26(5)10-9-25-4/h7-8,11,13,19-21,23,25H,9-10,12H2,1-6H3/t13-,19-,20-,21+,23+/m0/s1. The van der Waals surface area contributed by atoms with Crippen LogP contribution in [0, 0.1) is 16.0 Å². The van der Waals surface area contributed by atoms with Crippen LogP contribution < -0.4 is 10.1 Å².